The second-order valence-electron chi connectivity index (χ2n) is 3.74. The van der Waals surface area contributed by atoms with Gasteiger partial charge in [0.2, 0.25) is 5.91 Å². The predicted octanol–water partition coefficient (Wildman–Crippen LogP) is 2.50. The second-order valence-corrected chi connectivity index (χ2v) is 4.30. The van der Waals surface area contributed by atoms with Crippen molar-refractivity contribution < 1.29 is 14.3 Å². The first kappa shape index (κ1) is 14.8. The molecule has 0 fully saturated rings. The van der Waals surface area contributed by atoms with E-state index in [1.807, 2.05) is 18.2 Å². The van der Waals surface area contributed by atoms with Crippen LogP contribution in [-0.4, -0.2) is 25.0 Å². The Balaban J connectivity index is 2.68. The van der Waals surface area contributed by atoms with Crippen molar-refractivity contribution in [2.75, 3.05) is 19.0 Å². The minimum absolute atomic E-state index is 0.0414. The molecule has 0 aliphatic carbocycles. The first-order valence-electron chi connectivity index (χ1n) is 5.83. The predicted molar refractivity (Wildman–Crippen MR) is 74.4 cm³/mol. The third-order valence-electron chi connectivity index (χ3n) is 2.30. The van der Waals surface area contributed by atoms with Crippen molar-refractivity contribution in [2.24, 2.45) is 0 Å². The largest absolute Gasteiger partial charge is 0.493 e. The van der Waals surface area contributed by atoms with Crippen LogP contribution in [0.15, 0.2) is 18.2 Å². The number of rotatable bonds is 7. The maximum absolute atomic E-state index is 11.1. The standard InChI is InChI=1S/C13H18BrNO3/c1-3-6-18-11-5-4-10(7-12(11)17-2)9-15-13(16)8-14/h4-5,7H,3,6,8-9H2,1-2H3,(H,15,16). The molecule has 1 aromatic rings. The van der Waals surface area contributed by atoms with Gasteiger partial charge in [0.05, 0.1) is 19.0 Å². The smallest absolute Gasteiger partial charge is 0.230 e. The molecule has 0 radical (unpaired) electrons. The summed E-state index contributed by atoms with van der Waals surface area (Å²) >= 11 is 3.10. The lowest BCUT2D eigenvalue weighted by Crippen LogP contribution is -2.23. The molecule has 1 aromatic carbocycles. The number of benzene rings is 1. The van der Waals surface area contributed by atoms with Gasteiger partial charge in [-0.2, -0.15) is 0 Å². The Morgan fingerprint density at radius 1 is 1.39 bits per heavy atom. The molecule has 100 valence electrons. The highest BCUT2D eigenvalue weighted by Gasteiger charge is 2.06. The number of hydrogen-bond acceptors (Lipinski definition) is 3. The maximum Gasteiger partial charge on any atom is 0.230 e. The SMILES string of the molecule is CCCOc1ccc(CNC(=O)CBr)cc1OC. The van der Waals surface area contributed by atoms with E-state index in [1.54, 1.807) is 7.11 Å². The molecular weight excluding hydrogens is 298 g/mol. The molecule has 0 aliphatic heterocycles. The monoisotopic (exact) mass is 315 g/mol. The zero-order valence-corrected chi connectivity index (χ0v) is 12.2. The average molecular weight is 316 g/mol. The van der Waals surface area contributed by atoms with Crippen molar-refractivity contribution in [1.82, 2.24) is 5.32 Å². The van der Waals surface area contributed by atoms with Crippen LogP contribution in [-0.2, 0) is 11.3 Å². The molecule has 0 atom stereocenters. The summed E-state index contributed by atoms with van der Waals surface area (Å²) in [5, 5.41) is 3.09. The van der Waals surface area contributed by atoms with Crippen LogP contribution in [0, 0.1) is 0 Å². The minimum Gasteiger partial charge on any atom is -0.493 e. The molecule has 0 aromatic heterocycles. The normalized spacial score (nSPS) is 9.94. The van der Waals surface area contributed by atoms with E-state index in [-0.39, 0.29) is 5.91 Å². The molecule has 0 unspecified atom stereocenters. The Hall–Kier alpha value is -1.23. The summed E-state index contributed by atoms with van der Waals surface area (Å²) in [4.78, 5) is 11.1. The van der Waals surface area contributed by atoms with E-state index < -0.39 is 0 Å². The molecule has 18 heavy (non-hydrogen) atoms. The summed E-state index contributed by atoms with van der Waals surface area (Å²) in [6.07, 6.45) is 0.951. The number of amides is 1. The Labute approximate surface area is 116 Å². The third-order valence-corrected chi connectivity index (χ3v) is 2.81. The molecule has 1 amide bonds. The quantitative estimate of drug-likeness (QED) is 0.786. The van der Waals surface area contributed by atoms with Crippen LogP contribution in [0.25, 0.3) is 0 Å². The van der Waals surface area contributed by atoms with Gasteiger partial charge in [-0.15, -0.1) is 0 Å². The van der Waals surface area contributed by atoms with E-state index in [0.29, 0.717) is 24.2 Å². The molecule has 4 nitrogen and oxygen atoms in total. The fourth-order valence-corrected chi connectivity index (χ4v) is 1.60. The van der Waals surface area contributed by atoms with Crippen molar-refractivity contribution in [3.63, 3.8) is 0 Å². The fraction of sp³-hybridized carbons (Fsp3) is 0.462. The lowest BCUT2D eigenvalue weighted by atomic mass is 10.2. The number of halogens is 1. The van der Waals surface area contributed by atoms with Crippen LogP contribution in [0.4, 0.5) is 0 Å². The van der Waals surface area contributed by atoms with Crippen LogP contribution >= 0.6 is 15.9 Å². The van der Waals surface area contributed by atoms with Gasteiger partial charge in [0.1, 0.15) is 0 Å². The highest BCUT2D eigenvalue weighted by molar-refractivity contribution is 9.09. The van der Waals surface area contributed by atoms with Crippen molar-refractivity contribution in [2.45, 2.75) is 19.9 Å². The summed E-state index contributed by atoms with van der Waals surface area (Å²) in [5.41, 5.74) is 0.977. The third kappa shape index (κ3) is 4.56. The van der Waals surface area contributed by atoms with Crippen molar-refractivity contribution in [3.05, 3.63) is 23.8 Å². The Kier molecular flexibility index (Phi) is 6.57. The lowest BCUT2D eigenvalue weighted by molar-refractivity contribution is -0.118. The van der Waals surface area contributed by atoms with Gasteiger partial charge in [-0.25, -0.2) is 0 Å². The second kappa shape index (κ2) is 7.97. The van der Waals surface area contributed by atoms with Crippen molar-refractivity contribution in [3.8, 4) is 11.5 Å². The van der Waals surface area contributed by atoms with Crippen LogP contribution in [0.1, 0.15) is 18.9 Å². The molecule has 0 heterocycles. The fourth-order valence-electron chi connectivity index (χ4n) is 1.40. The van der Waals surface area contributed by atoms with E-state index in [9.17, 15) is 4.79 Å². The number of alkyl halides is 1. The van der Waals surface area contributed by atoms with Crippen molar-refractivity contribution >= 4 is 21.8 Å². The number of nitrogens with one attached hydrogen (secondary N) is 1. The molecule has 5 heteroatoms. The molecule has 0 saturated carbocycles. The van der Waals surface area contributed by atoms with Gasteiger partial charge in [-0.1, -0.05) is 28.9 Å². The Morgan fingerprint density at radius 2 is 2.17 bits per heavy atom. The van der Waals surface area contributed by atoms with Crippen molar-refractivity contribution in [1.29, 1.82) is 0 Å². The molecule has 0 spiro atoms. The zero-order chi connectivity index (χ0) is 13.4. The first-order valence-corrected chi connectivity index (χ1v) is 6.95. The number of ether oxygens (including phenoxy) is 2. The molecule has 1 rings (SSSR count). The minimum atomic E-state index is -0.0414. The number of carbonyl (C=O) groups excluding carboxylic acids is 1. The Bertz CT molecular complexity index is 396. The highest BCUT2D eigenvalue weighted by Crippen LogP contribution is 2.28. The van der Waals surface area contributed by atoms with Crippen LogP contribution in [0.3, 0.4) is 0 Å². The van der Waals surface area contributed by atoms with Gasteiger partial charge in [0.15, 0.2) is 11.5 Å². The number of hydrogen-bond donors (Lipinski definition) is 1. The summed E-state index contributed by atoms with van der Waals surface area (Å²) in [5.74, 6) is 1.38. The molecule has 0 aliphatic rings. The average Bonchev–Trinajstić information content (AvgIpc) is 2.42. The number of methoxy groups -OCH3 is 1. The number of carbonyl (C=O) groups is 1. The zero-order valence-electron chi connectivity index (χ0n) is 10.7. The topological polar surface area (TPSA) is 47.6 Å². The van der Waals surface area contributed by atoms with Gasteiger partial charge in [-0.05, 0) is 24.1 Å². The lowest BCUT2D eigenvalue weighted by Gasteiger charge is -2.12. The summed E-state index contributed by atoms with van der Waals surface area (Å²) in [6, 6.07) is 5.66. The van der Waals surface area contributed by atoms with Gasteiger partial charge in [-0.3, -0.25) is 4.79 Å². The van der Waals surface area contributed by atoms with Gasteiger partial charge in [0.25, 0.3) is 0 Å². The van der Waals surface area contributed by atoms with E-state index in [4.69, 9.17) is 9.47 Å². The van der Waals surface area contributed by atoms with Gasteiger partial charge >= 0.3 is 0 Å². The Morgan fingerprint density at radius 3 is 2.78 bits per heavy atom. The molecule has 0 bridgehead atoms. The van der Waals surface area contributed by atoms with E-state index in [0.717, 1.165) is 17.7 Å². The van der Waals surface area contributed by atoms with Crippen LogP contribution in [0.2, 0.25) is 0 Å². The van der Waals surface area contributed by atoms with Crippen LogP contribution < -0.4 is 14.8 Å². The first-order chi connectivity index (χ1) is 8.71. The van der Waals surface area contributed by atoms with E-state index >= 15 is 0 Å². The molecule has 0 saturated heterocycles. The molecular formula is C13H18BrNO3. The summed E-state index contributed by atoms with van der Waals surface area (Å²) in [7, 11) is 1.61. The van der Waals surface area contributed by atoms with E-state index in [2.05, 4.69) is 28.2 Å². The van der Waals surface area contributed by atoms with Gasteiger partial charge in [0, 0.05) is 6.54 Å². The van der Waals surface area contributed by atoms with E-state index in [1.165, 1.54) is 0 Å². The van der Waals surface area contributed by atoms with Gasteiger partial charge < -0.3 is 14.8 Å². The molecule has 1 N–H and O–H groups in total. The van der Waals surface area contributed by atoms with Crippen LogP contribution in [0.5, 0.6) is 11.5 Å². The highest BCUT2D eigenvalue weighted by atomic mass is 79.9. The maximum atomic E-state index is 11.1. The summed E-state index contributed by atoms with van der Waals surface area (Å²) < 4.78 is 10.8. The summed E-state index contributed by atoms with van der Waals surface area (Å²) in [6.45, 7) is 3.20.